The maximum Gasteiger partial charge on any atom is 0.191 e. The van der Waals surface area contributed by atoms with Crippen molar-refractivity contribution in [3.63, 3.8) is 0 Å². The Labute approximate surface area is 154 Å². The molecule has 23 heavy (non-hydrogen) atoms. The minimum Gasteiger partial charge on any atom is -0.493 e. The van der Waals surface area contributed by atoms with Crippen LogP contribution in [0.4, 0.5) is 0 Å². The van der Waals surface area contributed by atoms with Gasteiger partial charge in [0.15, 0.2) is 17.5 Å². The Morgan fingerprint density at radius 2 is 2.00 bits per heavy atom. The first-order chi connectivity index (χ1) is 10.7. The van der Waals surface area contributed by atoms with Gasteiger partial charge in [-0.2, -0.15) is 0 Å². The van der Waals surface area contributed by atoms with Crippen LogP contribution in [-0.4, -0.2) is 49.4 Å². The van der Waals surface area contributed by atoms with E-state index < -0.39 is 0 Å². The molecule has 1 heterocycles. The van der Waals surface area contributed by atoms with E-state index in [9.17, 15) is 0 Å². The summed E-state index contributed by atoms with van der Waals surface area (Å²) < 4.78 is 10.7. The van der Waals surface area contributed by atoms with E-state index in [1.54, 1.807) is 7.11 Å². The molecule has 1 aliphatic heterocycles. The Kier molecular flexibility index (Phi) is 9.08. The van der Waals surface area contributed by atoms with Crippen molar-refractivity contribution in [3.8, 4) is 11.5 Å². The van der Waals surface area contributed by atoms with E-state index in [-0.39, 0.29) is 37.2 Å². The molecule has 0 bridgehead atoms. The number of nitrogens with zero attached hydrogens (tertiary/aromatic N) is 2. The Bertz CT molecular complexity index is 505. The number of ether oxygens (including phenoxy) is 2. The van der Waals surface area contributed by atoms with E-state index in [2.05, 4.69) is 9.89 Å². The van der Waals surface area contributed by atoms with E-state index in [1.807, 2.05) is 18.2 Å². The number of aliphatic hydroxyl groups excluding tert-OH is 1. The number of halogens is 1. The highest BCUT2D eigenvalue weighted by molar-refractivity contribution is 14.0. The monoisotopic (exact) mass is 435 g/mol. The molecule has 2 rings (SSSR count). The lowest BCUT2D eigenvalue weighted by Crippen LogP contribution is -2.40. The number of aliphatic imine (C=N–C) groups is 1. The molecule has 1 aromatic rings. The third-order valence-electron chi connectivity index (χ3n) is 3.68. The van der Waals surface area contributed by atoms with Gasteiger partial charge in [0.1, 0.15) is 6.61 Å². The van der Waals surface area contributed by atoms with Crippen LogP contribution in [0.1, 0.15) is 24.8 Å². The molecule has 3 N–H and O–H groups in total. The third kappa shape index (κ3) is 6.06. The molecule has 1 aliphatic rings. The molecule has 0 atom stereocenters. The quantitative estimate of drug-likeness (QED) is 0.406. The fourth-order valence-corrected chi connectivity index (χ4v) is 2.48. The SMILES string of the molecule is COc1cc(CN=C(N)N2CCCCC2)ccc1OCCO.I. The van der Waals surface area contributed by atoms with E-state index >= 15 is 0 Å². The Balaban J connectivity index is 0.00000264. The lowest BCUT2D eigenvalue weighted by molar-refractivity contribution is 0.196. The molecular formula is C16H26IN3O3. The molecule has 0 radical (unpaired) electrons. The largest absolute Gasteiger partial charge is 0.493 e. The van der Waals surface area contributed by atoms with Gasteiger partial charge < -0.3 is 25.2 Å². The summed E-state index contributed by atoms with van der Waals surface area (Å²) in [5.74, 6) is 1.87. The number of methoxy groups -OCH3 is 1. The van der Waals surface area contributed by atoms with Gasteiger partial charge in [-0.1, -0.05) is 6.07 Å². The fourth-order valence-electron chi connectivity index (χ4n) is 2.48. The van der Waals surface area contributed by atoms with Crippen molar-refractivity contribution in [2.24, 2.45) is 10.7 Å². The number of hydrogen-bond acceptors (Lipinski definition) is 4. The zero-order valence-corrected chi connectivity index (χ0v) is 15.9. The number of guanidine groups is 1. The number of likely N-dealkylation sites (tertiary alicyclic amines) is 1. The van der Waals surface area contributed by atoms with Crippen LogP contribution in [0.2, 0.25) is 0 Å². The minimum absolute atomic E-state index is 0. The van der Waals surface area contributed by atoms with Gasteiger partial charge in [0.2, 0.25) is 0 Å². The van der Waals surface area contributed by atoms with Crippen LogP contribution in [0.15, 0.2) is 23.2 Å². The van der Waals surface area contributed by atoms with Gasteiger partial charge in [-0.05, 0) is 37.0 Å². The van der Waals surface area contributed by atoms with E-state index in [4.69, 9.17) is 20.3 Å². The molecule has 1 saturated heterocycles. The minimum atomic E-state index is -0.0262. The molecule has 0 amide bonds. The Morgan fingerprint density at radius 1 is 1.26 bits per heavy atom. The highest BCUT2D eigenvalue weighted by atomic mass is 127. The summed E-state index contributed by atoms with van der Waals surface area (Å²) in [6.45, 7) is 2.72. The lowest BCUT2D eigenvalue weighted by Gasteiger charge is -2.27. The molecule has 130 valence electrons. The van der Waals surface area contributed by atoms with Gasteiger partial charge >= 0.3 is 0 Å². The van der Waals surface area contributed by atoms with Crippen LogP contribution in [0.25, 0.3) is 0 Å². The van der Waals surface area contributed by atoms with E-state index in [0.29, 0.717) is 24.0 Å². The zero-order chi connectivity index (χ0) is 15.8. The first-order valence-corrected chi connectivity index (χ1v) is 7.70. The molecule has 7 heteroatoms. The number of rotatable bonds is 6. The smallest absolute Gasteiger partial charge is 0.191 e. The second-order valence-electron chi connectivity index (χ2n) is 5.28. The summed E-state index contributed by atoms with van der Waals surface area (Å²) in [5, 5.41) is 8.81. The molecule has 0 aromatic heterocycles. The molecule has 0 spiro atoms. The van der Waals surface area contributed by atoms with Crippen molar-refractivity contribution in [3.05, 3.63) is 23.8 Å². The second kappa shape index (κ2) is 10.5. The first kappa shape index (κ1) is 19.8. The average molecular weight is 435 g/mol. The average Bonchev–Trinajstić information content (AvgIpc) is 2.58. The number of piperidine rings is 1. The van der Waals surface area contributed by atoms with Crippen molar-refractivity contribution < 1.29 is 14.6 Å². The lowest BCUT2D eigenvalue weighted by atomic mass is 10.1. The van der Waals surface area contributed by atoms with E-state index in [1.165, 1.54) is 19.3 Å². The highest BCUT2D eigenvalue weighted by Crippen LogP contribution is 2.28. The summed E-state index contributed by atoms with van der Waals surface area (Å²) in [6, 6.07) is 5.65. The zero-order valence-electron chi connectivity index (χ0n) is 13.5. The summed E-state index contributed by atoms with van der Waals surface area (Å²) in [5.41, 5.74) is 7.06. The number of benzene rings is 1. The maximum absolute atomic E-state index is 8.81. The maximum atomic E-state index is 8.81. The van der Waals surface area contributed by atoms with Crippen LogP contribution in [0.3, 0.4) is 0 Å². The van der Waals surface area contributed by atoms with Gasteiger partial charge in [-0.15, -0.1) is 24.0 Å². The summed E-state index contributed by atoms with van der Waals surface area (Å²) in [6.07, 6.45) is 3.64. The van der Waals surface area contributed by atoms with Crippen molar-refractivity contribution in [2.75, 3.05) is 33.4 Å². The van der Waals surface area contributed by atoms with Crippen molar-refractivity contribution in [2.45, 2.75) is 25.8 Å². The summed E-state index contributed by atoms with van der Waals surface area (Å²) in [4.78, 5) is 6.61. The van der Waals surface area contributed by atoms with Crippen molar-refractivity contribution in [1.82, 2.24) is 4.90 Å². The predicted octanol–water partition coefficient (Wildman–Crippen LogP) is 1.98. The molecule has 0 saturated carbocycles. The van der Waals surface area contributed by atoms with Crippen LogP contribution < -0.4 is 15.2 Å². The summed E-state index contributed by atoms with van der Waals surface area (Å²) >= 11 is 0. The third-order valence-corrected chi connectivity index (χ3v) is 3.68. The predicted molar refractivity (Wildman–Crippen MR) is 102 cm³/mol. The first-order valence-electron chi connectivity index (χ1n) is 7.70. The topological polar surface area (TPSA) is 80.3 Å². The highest BCUT2D eigenvalue weighted by Gasteiger charge is 2.12. The number of nitrogens with two attached hydrogens (primary N) is 1. The number of aliphatic hydroxyl groups is 1. The van der Waals surface area contributed by atoms with Gasteiger partial charge in [0, 0.05) is 13.1 Å². The van der Waals surface area contributed by atoms with Crippen LogP contribution in [0.5, 0.6) is 11.5 Å². The van der Waals surface area contributed by atoms with Gasteiger partial charge in [0.05, 0.1) is 20.3 Å². The summed E-state index contributed by atoms with van der Waals surface area (Å²) in [7, 11) is 1.59. The fraction of sp³-hybridized carbons (Fsp3) is 0.562. The Morgan fingerprint density at radius 3 is 2.65 bits per heavy atom. The molecule has 1 fully saturated rings. The van der Waals surface area contributed by atoms with Crippen LogP contribution in [0, 0.1) is 0 Å². The standard InChI is InChI=1S/C16H25N3O3.HI/c1-21-15-11-13(5-6-14(15)22-10-9-20)12-18-16(17)19-7-3-2-4-8-19;/h5-6,11,20H,2-4,7-10,12H2,1H3,(H2,17,18);1H. The Hall–Kier alpha value is -1.22. The van der Waals surface area contributed by atoms with Crippen molar-refractivity contribution >= 4 is 29.9 Å². The normalized spacial score (nSPS) is 15.0. The van der Waals surface area contributed by atoms with Gasteiger partial charge in [-0.3, -0.25) is 0 Å². The van der Waals surface area contributed by atoms with Crippen LogP contribution in [-0.2, 0) is 6.54 Å². The molecule has 0 aliphatic carbocycles. The molecule has 0 unspecified atom stereocenters. The second-order valence-corrected chi connectivity index (χ2v) is 5.28. The van der Waals surface area contributed by atoms with E-state index in [0.717, 1.165) is 18.7 Å². The molecule has 6 nitrogen and oxygen atoms in total. The molecule has 1 aromatic carbocycles. The van der Waals surface area contributed by atoms with Gasteiger partial charge in [-0.25, -0.2) is 4.99 Å². The van der Waals surface area contributed by atoms with Crippen molar-refractivity contribution in [1.29, 1.82) is 0 Å². The van der Waals surface area contributed by atoms with Gasteiger partial charge in [0.25, 0.3) is 0 Å². The van der Waals surface area contributed by atoms with Crippen LogP contribution >= 0.6 is 24.0 Å². The molecular weight excluding hydrogens is 409 g/mol. The number of hydrogen-bond donors (Lipinski definition) is 2.